The number of nitrogens with one attached hydrogen (secondary N) is 1. The second-order valence-corrected chi connectivity index (χ2v) is 7.67. The molecule has 33 heavy (non-hydrogen) atoms. The van der Waals surface area contributed by atoms with Crippen LogP contribution in [0.2, 0.25) is 0 Å². The lowest BCUT2D eigenvalue weighted by molar-refractivity contribution is 0.465. The molecule has 0 spiro atoms. The highest BCUT2D eigenvalue weighted by Crippen LogP contribution is 2.31. The van der Waals surface area contributed by atoms with Gasteiger partial charge >= 0.3 is 0 Å². The topological polar surface area (TPSA) is 80.4 Å². The summed E-state index contributed by atoms with van der Waals surface area (Å²) >= 11 is 0. The van der Waals surface area contributed by atoms with Gasteiger partial charge in [0.15, 0.2) is 11.6 Å². The van der Waals surface area contributed by atoms with Crippen molar-refractivity contribution in [2.75, 3.05) is 36.4 Å². The van der Waals surface area contributed by atoms with Crippen LogP contribution in [-0.2, 0) is 0 Å². The SMILES string of the molecule is CCN(CC)C1=N/C(=C(/C#N)c2nc(N(CC)CC)c3ccccc3n2)Nc2ccccc21. The second-order valence-electron chi connectivity index (χ2n) is 7.67. The quantitative estimate of drug-likeness (QED) is 0.551. The van der Waals surface area contributed by atoms with Crippen molar-refractivity contribution in [3.05, 3.63) is 65.7 Å². The highest BCUT2D eigenvalue weighted by Gasteiger charge is 2.24. The molecule has 0 unspecified atom stereocenters. The number of hydrogen-bond acceptors (Lipinski definition) is 7. The Morgan fingerprint density at radius 3 is 2.24 bits per heavy atom. The summed E-state index contributed by atoms with van der Waals surface area (Å²) in [6.07, 6.45) is 0. The van der Waals surface area contributed by atoms with Gasteiger partial charge in [0.05, 0.1) is 11.2 Å². The zero-order valence-corrected chi connectivity index (χ0v) is 19.6. The van der Waals surface area contributed by atoms with Crippen molar-refractivity contribution in [1.29, 1.82) is 5.26 Å². The molecule has 0 radical (unpaired) electrons. The molecule has 1 aliphatic heterocycles. The number of rotatable bonds is 6. The Balaban J connectivity index is 1.95. The van der Waals surface area contributed by atoms with Crippen LogP contribution in [0.1, 0.15) is 39.1 Å². The molecule has 0 atom stereocenters. The van der Waals surface area contributed by atoms with Crippen molar-refractivity contribution in [3.8, 4) is 6.07 Å². The Bertz CT molecular complexity index is 1260. The van der Waals surface area contributed by atoms with Gasteiger partial charge in [-0.25, -0.2) is 15.0 Å². The number of hydrogen-bond donors (Lipinski definition) is 1. The number of allylic oxidation sites excluding steroid dienone is 1. The number of nitriles is 1. The van der Waals surface area contributed by atoms with E-state index in [0.717, 1.165) is 60.0 Å². The number of nitrogens with zero attached hydrogens (tertiary/aromatic N) is 6. The van der Waals surface area contributed by atoms with Gasteiger partial charge in [-0.1, -0.05) is 24.3 Å². The van der Waals surface area contributed by atoms with E-state index in [1.165, 1.54) is 0 Å². The van der Waals surface area contributed by atoms with Gasteiger partial charge in [-0.2, -0.15) is 5.26 Å². The lowest BCUT2D eigenvalue weighted by Gasteiger charge is -2.29. The Hall–Kier alpha value is -3.92. The maximum absolute atomic E-state index is 10.2. The summed E-state index contributed by atoms with van der Waals surface area (Å²) in [4.78, 5) is 18.9. The number of aliphatic imine (C=N–C) groups is 1. The average Bonchev–Trinajstić information content (AvgIpc) is 2.86. The maximum Gasteiger partial charge on any atom is 0.176 e. The fraction of sp³-hybridized carbons (Fsp3) is 0.308. The number of anilines is 2. The number of para-hydroxylation sites is 2. The molecule has 168 valence electrons. The lowest BCUT2D eigenvalue weighted by atomic mass is 10.1. The van der Waals surface area contributed by atoms with Crippen LogP contribution in [0.15, 0.2) is 59.3 Å². The van der Waals surface area contributed by atoms with E-state index in [9.17, 15) is 5.26 Å². The van der Waals surface area contributed by atoms with Crippen molar-refractivity contribution in [3.63, 3.8) is 0 Å². The normalized spacial score (nSPS) is 14.1. The van der Waals surface area contributed by atoms with Crippen molar-refractivity contribution in [2.45, 2.75) is 27.7 Å². The average molecular weight is 440 g/mol. The van der Waals surface area contributed by atoms with Gasteiger partial charge in [-0.05, 0) is 52.0 Å². The summed E-state index contributed by atoms with van der Waals surface area (Å²) in [5.41, 5.74) is 3.07. The van der Waals surface area contributed by atoms with Gasteiger partial charge in [-0.3, -0.25) is 0 Å². The van der Waals surface area contributed by atoms with Gasteiger partial charge in [0.2, 0.25) is 0 Å². The van der Waals surface area contributed by atoms with Gasteiger partial charge in [0, 0.05) is 37.1 Å². The molecule has 0 saturated heterocycles. The van der Waals surface area contributed by atoms with E-state index in [4.69, 9.17) is 15.0 Å². The lowest BCUT2D eigenvalue weighted by Crippen LogP contribution is -2.34. The highest BCUT2D eigenvalue weighted by atomic mass is 15.2. The highest BCUT2D eigenvalue weighted by molar-refractivity contribution is 6.07. The summed E-state index contributed by atoms with van der Waals surface area (Å²) < 4.78 is 0. The van der Waals surface area contributed by atoms with E-state index in [-0.39, 0.29) is 0 Å². The third-order valence-corrected chi connectivity index (χ3v) is 5.92. The fourth-order valence-electron chi connectivity index (χ4n) is 4.14. The molecule has 0 aliphatic carbocycles. The van der Waals surface area contributed by atoms with E-state index in [1.54, 1.807) is 0 Å². The first-order valence-electron chi connectivity index (χ1n) is 11.5. The Kier molecular flexibility index (Phi) is 6.55. The zero-order chi connectivity index (χ0) is 23.4. The molecule has 0 amide bonds. The summed E-state index contributed by atoms with van der Waals surface area (Å²) in [6, 6.07) is 18.3. The van der Waals surface area contributed by atoms with E-state index in [0.29, 0.717) is 17.2 Å². The smallest absolute Gasteiger partial charge is 0.176 e. The molecule has 1 aliphatic rings. The molecule has 7 heteroatoms. The van der Waals surface area contributed by atoms with Crippen LogP contribution in [-0.4, -0.2) is 46.9 Å². The number of fused-ring (bicyclic) bond motifs is 2. The van der Waals surface area contributed by atoms with Crippen LogP contribution in [0.3, 0.4) is 0 Å². The maximum atomic E-state index is 10.2. The summed E-state index contributed by atoms with van der Waals surface area (Å²) in [5, 5.41) is 14.5. The van der Waals surface area contributed by atoms with Gasteiger partial charge in [0.1, 0.15) is 23.3 Å². The summed E-state index contributed by atoms with van der Waals surface area (Å²) in [5.74, 6) is 2.53. The Morgan fingerprint density at radius 1 is 0.879 bits per heavy atom. The van der Waals surface area contributed by atoms with Crippen molar-refractivity contribution < 1.29 is 0 Å². The van der Waals surface area contributed by atoms with Crippen LogP contribution in [0.5, 0.6) is 0 Å². The van der Waals surface area contributed by atoms with E-state index in [2.05, 4.69) is 48.9 Å². The van der Waals surface area contributed by atoms with Crippen LogP contribution >= 0.6 is 0 Å². The van der Waals surface area contributed by atoms with Crippen LogP contribution in [0, 0.1) is 11.3 Å². The Labute approximate surface area is 195 Å². The molecule has 2 heterocycles. The molecule has 3 aromatic rings. The molecular formula is C26H29N7. The van der Waals surface area contributed by atoms with Crippen LogP contribution in [0.25, 0.3) is 16.5 Å². The summed E-state index contributed by atoms with van der Waals surface area (Å²) in [7, 11) is 0. The minimum atomic E-state index is 0.327. The molecule has 2 aromatic carbocycles. The van der Waals surface area contributed by atoms with Crippen LogP contribution in [0.4, 0.5) is 11.5 Å². The summed E-state index contributed by atoms with van der Waals surface area (Å²) in [6.45, 7) is 11.7. The minimum Gasteiger partial charge on any atom is -0.357 e. The monoisotopic (exact) mass is 439 g/mol. The van der Waals surface area contributed by atoms with E-state index >= 15 is 0 Å². The largest absolute Gasteiger partial charge is 0.357 e. The third kappa shape index (κ3) is 4.12. The predicted molar refractivity (Wildman–Crippen MR) is 135 cm³/mol. The first-order chi connectivity index (χ1) is 16.1. The molecule has 1 aromatic heterocycles. The first kappa shape index (κ1) is 22.3. The van der Waals surface area contributed by atoms with Crippen molar-refractivity contribution in [2.24, 2.45) is 4.99 Å². The standard InChI is InChI=1S/C26H29N7/c1-5-32(6-2)25-18-13-9-11-15-21(18)28-23(30-25)20(17-27)24-29-22-16-12-10-14-19(22)26(31-24)33(7-3)8-4/h9-16,28H,5-8H2,1-4H3/b23-20-. The van der Waals surface area contributed by atoms with E-state index < -0.39 is 0 Å². The zero-order valence-electron chi connectivity index (χ0n) is 19.6. The third-order valence-electron chi connectivity index (χ3n) is 5.92. The minimum absolute atomic E-state index is 0.327. The second kappa shape index (κ2) is 9.70. The molecule has 0 bridgehead atoms. The number of amidine groups is 1. The molecular weight excluding hydrogens is 410 g/mol. The molecule has 0 fully saturated rings. The fourth-order valence-corrected chi connectivity index (χ4v) is 4.14. The van der Waals surface area contributed by atoms with Gasteiger partial charge in [0.25, 0.3) is 0 Å². The van der Waals surface area contributed by atoms with Crippen molar-refractivity contribution in [1.82, 2.24) is 14.9 Å². The van der Waals surface area contributed by atoms with Crippen LogP contribution < -0.4 is 10.2 Å². The van der Waals surface area contributed by atoms with Crippen molar-refractivity contribution >= 4 is 33.8 Å². The molecule has 1 N–H and O–H groups in total. The first-order valence-corrected chi connectivity index (χ1v) is 11.5. The van der Waals surface area contributed by atoms with E-state index in [1.807, 2.05) is 48.5 Å². The number of aromatic nitrogens is 2. The Morgan fingerprint density at radius 2 is 1.55 bits per heavy atom. The van der Waals surface area contributed by atoms with Gasteiger partial charge < -0.3 is 15.1 Å². The molecule has 4 rings (SSSR count). The predicted octanol–water partition coefficient (Wildman–Crippen LogP) is 4.88. The molecule has 0 saturated carbocycles. The molecule has 7 nitrogen and oxygen atoms in total. The van der Waals surface area contributed by atoms with Gasteiger partial charge in [-0.15, -0.1) is 0 Å². The number of benzene rings is 2.